The fourth-order valence-electron chi connectivity index (χ4n) is 7.86. The van der Waals surface area contributed by atoms with Crippen LogP contribution in [-0.4, -0.2) is 94.3 Å². The number of nitrogens with one attached hydrogen (secondary N) is 1. The van der Waals surface area contributed by atoms with Crippen LogP contribution in [0.15, 0.2) is 101 Å². The van der Waals surface area contributed by atoms with Crippen LogP contribution in [0, 0.1) is 0 Å². The summed E-state index contributed by atoms with van der Waals surface area (Å²) < 4.78 is 103. The van der Waals surface area contributed by atoms with Crippen molar-refractivity contribution < 1.29 is 48.3 Å². The van der Waals surface area contributed by atoms with Crippen molar-refractivity contribution in [2.75, 3.05) is 23.7 Å². The fraction of sp³-hybridized carbons (Fsp3) is 0.366. The molecular formula is C41H48N7O10S3+. The highest BCUT2D eigenvalue weighted by Gasteiger charge is 2.45. The lowest BCUT2D eigenvalue weighted by atomic mass is 9.81. The van der Waals surface area contributed by atoms with E-state index < -0.39 is 46.9 Å². The van der Waals surface area contributed by atoms with E-state index in [0.717, 1.165) is 22.5 Å². The molecule has 1 aromatic heterocycles. The van der Waals surface area contributed by atoms with E-state index in [1.807, 2.05) is 74.8 Å². The second-order valence-electron chi connectivity index (χ2n) is 16.0. The number of aromatic nitrogens is 4. The molecule has 0 radical (unpaired) electrons. The Kier molecular flexibility index (Phi) is 13.1. The summed E-state index contributed by atoms with van der Waals surface area (Å²) >= 11 is 0. The summed E-state index contributed by atoms with van der Waals surface area (Å²) in [5.41, 5.74) is 4.29. The van der Waals surface area contributed by atoms with Crippen molar-refractivity contribution in [2.24, 2.45) is 0 Å². The van der Waals surface area contributed by atoms with Gasteiger partial charge in [-0.05, 0) is 74.2 Å². The molecule has 0 aliphatic carbocycles. The van der Waals surface area contributed by atoms with E-state index in [2.05, 4.69) is 30.6 Å². The van der Waals surface area contributed by atoms with E-state index in [1.165, 1.54) is 30.6 Å². The van der Waals surface area contributed by atoms with Crippen LogP contribution >= 0.6 is 0 Å². The summed E-state index contributed by atoms with van der Waals surface area (Å²) in [6.45, 7) is 8.70. The van der Waals surface area contributed by atoms with Gasteiger partial charge in [-0.3, -0.25) is 18.5 Å². The molecule has 20 heteroatoms. The maximum absolute atomic E-state index is 12.7. The topological polar surface area (TPSA) is 250 Å². The minimum Gasteiger partial charge on any atom is -0.352 e. The highest BCUT2D eigenvalue weighted by atomic mass is 32.2. The minimum atomic E-state index is -4.52. The van der Waals surface area contributed by atoms with Crippen molar-refractivity contribution in [1.82, 2.24) is 25.7 Å². The van der Waals surface area contributed by atoms with Crippen LogP contribution in [0.3, 0.4) is 0 Å². The molecule has 6 rings (SSSR count). The van der Waals surface area contributed by atoms with Gasteiger partial charge in [0.1, 0.15) is 6.54 Å². The van der Waals surface area contributed by atoms with Gasteiger partial charge in [0, 0.05) is 66.0 Å². The number of anilines is 1. The van der Waals surface area contributed by atoms with Crippen LogP contribution in [0.5, 0.6) is 0 Å². The lowest BCUT2D eigenvalue weighted by Gasteiger charge is -2.27. The van der Waals surface area contributed by atoms with E-state index in [4.69, 9.17) is 0 Å². The van der Waals surface area contributed by atoms with Gasteiger partial charge in [-0.2, -0.15) is 29.8 Å². The predicted molar refractivity (Wildman–Crippen MR) is 227 cm³/mol. The molecule has 3 heterocycles. The summed E-state index contributed by atoms with van der Waals surface area (Å²) in [7, 11) is -13.3. The van der Waals surface area contributed by atoms with Crippen LogP contribution in [0.25, 0.3) is 11.4 Å². The van der Waals surface area contributed by atoms with Gasteiger partial charge in [-0.1, -0.05) is 50.6 Å². The number of fused-ring (bicyclic) bond motifs is 2. The molecule has 61 heavy (non-hydrogen) atoms. The molecule has 17 nitrogen and oxygen atoms in total. The van der Waals surface area contributed by atoms with Crippen LogP contribution in [-0.2, 0) is 52.5 Å². The number of benzene rings is 3. The Morgan fingerprint density at radius 1 is 0.787 bits per heavy atom. The lowest BCUT2D eigenvalue weighted by Crippen LogP contribution is -2.29. The Balaban J connectivity index is 1.19. The molecule has 0 saturated carbocycles. The van der Waals surface area contributed by atoms with Gasteiger partial charge >= 0.3 is 0 Å². The zero-order valence-electron chi connectivity index (χ0n) is 34.1. The second kappa shape index (κ2) is 17.6. The molecule has 3 aromatic carbocycles. The summed E-state index contributed by atoms with van der Waals surface area (Å²) in [6.07, 6.45) is 9.24. The van der Waals surface area contributed by atoms with E-state index in [1.54, 1.807) is 12.1 Å². The summed E-state index contributed by atoms with van der Waals surface area (Å²) in [4.78, 5) is 14.3. The number of rotatable bonds is 17. The minimum absolute atomic E-state index is 0.0659. The average molecular weight is 895 g/mol. The van der Waals surface area contributed by atoms with Gasteiger partial charge in [0.05, 0.1) is 21.0 Å². The summed E-state index contributed by atoms with van der Waals surface area (Å²) in [5, 5.41) is 18.3. The maximum atomic E-state index is 12.7. The lowest BCUT2D eigenvalue weighted by molar-refractivity contribution is -0.437. The molecular weight excluding hydrogens is 847 g/mol. The molecule has 4 aromatic rings. The van der Waals surface area contributed by atoms with Crippen molar-refractivity contribution in [1.29, 1.82) is 0 Å². The number of amides is 1. The number of allylic oxidation sites excluding steroid dienone is 4. The van der Waals surface area contributed by atoms with E-state index in [9.17, 15) is 43.7 Å². The number of hydrogen-bond acceptors (Lipinski definition) is 12. The number of unbranched alkanes of at least 4 members (excludes halogenated alkanes) is 2. The van der Waals surface area contributed by atoms with E-state index >= 15 is 0 Å². The van der Waals surface area contributed by atoms with Gasteiger partial charge in [0.25, 0.3) is 30.4 Å². The molecule has 0 spiro atoms. The molecule has 0 unspecified atom stereocenters. The van der Waals surface area contributed by atoms with Gasteiger partial charge in [-0.25, -0.2) is 0 Å². The van der Waals surface area contributed by atoms with E-state index in [0.29, 0.717) is 67.1 Å². The Hall–Kier alpha value is -5.25. The molecule has 324 valence electrons. The summed E-state index contributed by atoms with van der Waals surface area (Å²) in [5.74, 6) is -0.172. The third-order valence-corrected chi connectivity index (χ3v) is 13.5. The third-order valence-electron chi connectivity index (χ3n) is 11.0. The molecule has 2 aliphatic heterocycles. The SMILES string of the molecule is CC1(C)C(/C=C/C=C2/N(CCCCCC(=O)NCc3ccc(-c4nncnn4)cc3)c3ccc(S(=O)(=O)O)cc3C2(C)C)=[N+](CCCS(=O)(=O)O)c2ccc(S(=O)(=O)O)cc21. The zero-order chi connectivity index (χ0) is 44.4. The first-order chi connectivity index (χ1) is 28.6. The zero-order valence-corrected chi connectivity index (χ0v) is 36.5. The first-order valence-electron chi connectivity index (χ1n) is 19.4. The van der Waals surface area contributed by atoms with Gasteiger partial charge in [-0.15, -0.1) is 20.4 Å². The molecule has 4 N–H and O–H groups in total. The smallest absolute Gasteiger partial charge is 0.294 e. The van der Waals surface area contributed by atoms with Crippen molar-refractivity contribution >= 4 is 53.3 Å². The van der Waals surface area contributed by atoms with Crippen molar-refractivity contribution in [3.05, 3.63) is 108 Å². The molecule has 0 fully saturated rings. The van der Waals surface area contributed by atoms with E-state index in [-0.39, 0.29) is 28.7 Å². The number of hydrogen-bond donors (Lipinski definition) is 4. The average Bonchev–Trinajstić information content (AvgIpc) is 3.53. The monoisotopic (exact) mass is 894 g/mol. The van der Waals surface area contributed by atoms with Gasteiger partial charge in [0.2, 0.25) is 17.4 Å². The maximum Gasteiger partial charge on any atom is 0.294 e. The number of carbonyl (C=O) groups excluding carboxylic acids is 1. The quantitative estimate of drug-likeness (QED) is 0.0605. The molecule has 2 aliphatic rings. The van der Waals surface area contributed by atoms with Gasteiger partial charge in [0.15, 0.2) is 12.0 Å². The molecule has 0 bridgehead atoms. The van der Waals surface area contributed by atoms with Crippen molar-refractivity contribution in [2.45, 2.75) is 87.0 Å². The predicted octanol–water partition coefficient (Wildman–Crippen LogP) is 5.20. The fourth-order valence-corrected chi connectivity index (χ4v) is 9.37. The molecule has 1 amide bonds. The normalized spacial score (nSPS) is 16.6. The Bertz CT molecular complexity index is 2760. The van der Waals surface area contributed by atoms with Crippen LogP contribution in [0.4, 0.5) is 11.4 Å². The number of nitrogens with zero attached hydrogens (tertiary/aromatic N) is 6. The largest absolute Gasteiger partial charge is 0.352 e. The van der Waals surface area contributed by atoms with Gasteiger partial charge < -0.3 is 10.2 Å². The number of carbonyl (C=O) groups is 1. The highest BCUT2D eigenvalue weighted by Crippen LogP contribution is 2.49. The summed E-state index contributed by atoms with van der Waals surface area (Å²) in [6, 6.07) is 16.1. The van der Waals surface area contributed by atoms with Crippen molar-refractivity contribution in [3.8, 4) is 11.4 Å². The van der Waals surface area contributed by atoms with Crippen molar-refractivity contribution in [3.63, 3.8) is 0 Å². The second-order valence-corrected chi connectivity index (χ2v) is 20.4. The first-order valence-corrected chi connectivity index (χ1v) is 23.9. The Morgan fingerprint density at radius 2 is 1.43 bits per heavy atom. The van der Waals surface area contributed by atoms with Crippen LogP contribution < -0.4 is 10.2 Å². The Labute approximate surface area is 355 Å². The third kappa shape index (κ3) is 10.4. The standard InChI is InChI=1S/C41H47N7O10S3/c1-40(2)32-24-30(60(53,54)55)17-19-34(32)47(21-7-5-6-12-38(49)42-26-28-13-15-29(16-14-28)39-45-43-27-44-46-39)36(40)10-8-11-37-41(3,4)33-25-31(61(56,57)58)18-20-35(33)48(37)22-9-23-59(50,51)52/h8,10-11,13-20,24-25,27H,5-7,9,12,21-23,26H2,1-4H3,(H3-,42,49,50,51,52,53,54,55,56,57,58)/p+1. The molecule has 0 atom stereocenters. The first kappa shape index (κ1) is 45.3. The Morgan fingerprint density at radius 3 is 2.07 bits per heavy atom. The van der Waals surface area contributed by atoms with Crippen LogP contribution in [0.2, 0.25) is 0 Å². The van der Waals surface area contributed by atoms with Crippen LogP contribution in [0.1, 0.15) is 76.5 Å². The highest BCUT2D eigenvalue weighted by molar-refractivity contribution is 7.86. The molecule has 0 saturated heterocycles.